The molecule has 0 radical (unpaired) electrons. The van der Waals surface area contributed by atoms with Crippen molar-refractivity contribution in [2.75, 3.05) is 18.5 Å². The van der Waals surface area contributed by atoms with Gasteiger partial charge in [0.05, 0.1) is 12.7 Å². The molecule has 1 heterocycles. The monoisotopic (exact) mass is 221 g/mol. The number of fused-ring (bicyclic) bond motifs is 1. The lowest BCUT2D eigenvalue weighted by Gasteiger charge is -2.29. The van der Waals surface area contributed by atoms with Gasteiger partial charge in [0.15, 0.2) is 0 Å². The number of nitrogens with one attached hydrogen (secondary N) is 1. The van der Waals surface area contributed by atoms with Crippen molar-refractivity contribution in [3.05, 3.63) is 29.8 Å². The van der Waals surface area contributed by atoms with Gasteiger partial charge in [-0.05, 0) is 13.0 Å². The fraction of sp³-hybridized carbons (Fsp3) is 0.417. The predicted molar refractivity (Wildman–Crippen MR) is 60.0 cm³/mol. The number of benzene rings is 1. The van der Waals surface area contributed by atoms with Crippen LogP contribution in [0.1, 0.15) is 18.6 Å². The molecule has 1 aromatic carbocycles. The van der Waals surface area contributed by atoms with E-state index in [1.165, 1.54) is 0 Å². The van der Waals surface area contributed by atoms with Crippen LogP contribution in [0.2, 0.25) is 0 Å². The number of hydrogen-bond donors (Lipinski definition) is 2. The van der Waals surface area contributed by atoms with Crippen molar-refractivity contribution in [3.63, 3.8) is 0 Å². The van der Waals surface area contributed by atoms with Crippen LogP contribution in [0.3, 0.4) is 0 Å². The maximum Gasteiger partial charge on any atom is 0.313 e. The molecule has 1 aromatic rings. The topological polar surface area (TPSA) is 58.6 Å². The Morgan fingerprint density at radius 2 is 2.31 bits per heavy atom. The van der Waals surface area contributed by atoms with Gasteiger partial charge in [-0.2, -0.15) is 0 Å². The molecular formula is C12H15NO3. The van der Waals surface area contributed by atoms with Crippen molar-refractivity contribution in [1.29, 1.82) is 0 Å². The molecule has 0 amide bonds. The number of para-hydroxylation sites is 1. The Morgan fingerprint density at radius 1 is 1.56 bits per heavy atom. The van der Waals surface area contributed by atoms with Crippen LogP contribution in [0.5, 0.6) is 0 Å². The van der Waals surface area contributed by atoms with Gasteiger partial charge in [-0.3, -0.25) is 4.79 Å². The third-order valence-electron chi connectivity index (χ3n) is 2.76. The van der Waals surface area contributed by atoms with Gasteiger partial charge >= 0.3 is 5.97 Å². The lowest BCUT2D eigenvalue weighted by Crippen LogP contribution is -2.34. The third-order valence-corrected chi connectivity index (χ3v) is 2.76. The molecule has 2 atom stereocenters. The van der Waals surface area contributed by atoms with Crippen LogP contribution < -0.4 is 5.32 Å². The van der Waals surface area contributed by atoms with Crippen molar-refractivity contribution in [2.45, 2.75) is 13.0 Å². The Kier molecular flexibility index (Phi) is 3.10. The molecule has 0 unspecified atom stereocenters. The normalized spacial score (nSPS) is 23.1. The summed E-state index contributed by atoms with van der Waals surface area (Å²) < 4.78 is 4.93. The first kappa shape index (κ1) is 11.0. The standard InChI is InChI=1S/C12H15NO3/c1-2-16-12(15)9-7-13-10-6-4-3-5-8(10)11(9)14/h3-6,9,11,13-14H,2,7H2,1H3/t9-,11-/m0/s1. The molecule has 0 aromatic heterocycles. The summed E-state index contributed by atoms with van der Waals surface area (Å²) in [7, 11) is 0. The molecule has 0 saturated heterocycles. The number of ether oxygens (including phenoxy) is 1. The summed E-state index contributed by atoms with van der Waals surface area (Å²) >= 11 is 0. The molecule has 0 saturated carbocycles. The second kappa shape index (κ2) is 4.53. The van der Waals surface area contributed by atoms with Crippen molar-refractivity contribution in [3.8, 4) is 0 Å². The minimum Gasteiger partial charge on any atom is -0.466 e. The molecule has 1 aliphatic rings. The number of carbonyl (C=O) groups excluding carboxylic acids is 1. The number of carbonyl (C=O) groups is 1. The summed E-state index contributed by atoms with van der Waals surface area (Å²) in [6.07, 6.45) is -0.781. The van der Waals surface area contributed by atoms with Gasteiger partial charge < -0.3 is 15.2 Å². The summed E-state index contributed by atoms with van der Waals surface area (Å²) in [6, 6.07) is 7.44. The van der Waals surface area contributed by atoms with Gasteiger partial charge in [0, 0.05) is 17.8 Å². The van der Waals surface area contributed by atoms with Crippen LogP contribution in [0, 0.1) is 5.92 Å². The number of aliphatic hydroxyl groups is 1. The van der Waals surface area contributed by atoms with E-state index in [1.807, 2.05) is 24.3 Å². The zero-order valence-corrected chi connectivity index (χ0v) is 9.14. The highest BCUT2D eigenvalue weighted by Gasteiger charge is 2.33. The summed E-state index contributed by atoms with van der Waals surface area (Å²) in [4.78, 5) is 11.6. The van der Waals surface area contributed by atoms with Crippen LogP contribution in [-0.4, -0.2) is 24.2 Å². The number of anilines is 1. The van der Waals surface area contributed by atoms with Gasteiger partial charge in [-0.15, -0.1) is 0 Å². The quantitative estimate of drug-likeness (QED) is 0.740. The molecule has 0 bridgehead atoms. The van der Waals surface area contributed by atoms with Gasteiger partial charge in [0.25, 0.3) is 0 Å². The van der Waals surface area contributed by atoms with E-state index in [0.717, 1.165) is 11.3 Å². The van der Waals surface area contributed by atoms with Crippen LogP contribution >= 0.6 is 0 Å². The fourth-order valence-electron chi connectivity index (χ4n) is 1.93. The highest BCUT2D eigenvalue weighted by molar-refractivity contribution is 5.76. The minimum atomic E-state index is -0.781. The highest BCUT2D eigenvalue weighted by atomic mass is 16.5. The molecule has 4 nitrogen and oxygen atoms in total. The van der Waals surface area contributed by atoms with Gasteiger partial charge in [-0.1, -0.05) is 18.2 Å². The van der Waals surface area contributed by atoms with E-state index in [9.17, 15) is 9.90 Å². The number of aliphatic hydroxyl groups excluding tert-OH is 1. The van der Waals surface area contributed by atoms with Crippen LogP contribution in [0.25, 0.3) is 0 Å². The van der Waals surface area contributed by atoms with E-state index >= 15 is 0 Å². The molecule has 0 spiro atoms. The average Bonchev–Trinajstić information content (AvgIpc) is 2.30. The Hall–Kier alpha value is -1.55. The van der Waals surface area contributed by atoms with E-state index in [2.05, 4.69) is 5.32 Å². The summed E-state index contributed by atoms with van der Waals surface area (Å²) in [5.41, 5.74) is 1.64. The molecule has 16 heavy (non-hydrogen) atoms. The maximum absolute atomic E-state index is 11.6. The van der Waals surface area contributed by atoms with E-state index in [4.69, 9.17) is 4.74 Å². The molecule has 4 heteroatoms. The lowest BCUT2D eigenvalue weighted by molar-refractivity contribution is -0.151. The Balaban J connectivity index is 2.21. The Labute approximate surface area is 94.2 Å². The van der Waals surface area contributed by atoms with Gasteiger partial charge in [-0.25, -0.2) is 0 Å². The van der Waals surface area contributed by atoms with Gasteiger partial charge in [0.2, 0.25) is 0 Å². The summed E-state index contributed by atoms with van der Waals surface area (Å²) in [5, 5.41) is 13.2. The molecular weight excluding hydrogens is 206 g/mol. The first-order chi connectivity index (χ1) is 7.74. The first-order valence-corrected chi connectivity index (χ1v) is 5.41. The maximum atomic E-state index is 11.6. The first-order valence-electron chi connectivity index (χ1n) is 5.41. The van der Waals surface area contributed by atoms with Crippen LogP contribution in [0.4, 0.5) is 5.69 Å². The van der Waals surface area contributed by atoms with Crippen molar-refractivity contribution < 1.29 is 14.6 Å². The van der Waals surface area contributed by atoms with E-state index in [-0.39, 0.29) is 5.97 Å². The van der Waals surface area contributed by atoms with Crippen LogP contribution in [0.15, 0.2) is 24.3 Å². The zero-order valence-electron chi connectivity index (χ0n) is 9.14. The Bertz CT molecular complexity index is 392. The van der Waals surface area contributed by atoms with E-state index in [1.54, 1.807) is 6.92 Å². The fourth-order valence-corrected chi connectivity index (χ4v) is 1.93. The minimum absolute atomic E-state index is 0.337. The molecule has 0 aliphatic carbocycles. The average molecular weight is 221 g/mol. The second-order valence-corrected chi connectivity index (χ2v) is 3.77. The molecule has 2 N–H and O–H groups in total. The van der Waals surface area contributed by atoms with E-state index < -0.39 is 12.0 Å². The largest absolute Gasteiger partial charge is 0.466 e. The predicted octanol–water partition coefficient (Wildman–Crippen LogP) is 1.32. The summed E-state index contributed by atoms with van der Waals surface area (Å²) in [5.74, 6) is -0.869. The molecule has 2 rings (SSSR count). The SMILES string of the molecule is CCOC(=O)[C@H]1CNc2ccccc2[C@@H]1O. The number of esters is 1. The van der Waals surface area contributed by atoms with Crippen molar-refractivity contribution in [2.24, 2.45) is 5.92 Å². The second-order valence-electron chi connectivity index (χ2n) is 3.77. The number of hydrogen-bond acceptors (Lipinski definition) is 4. The van der Waals surface area contributed by atoms with Crippen molar-refractivity contribution >= 4 is 11.7 Å². The van der Waals surface area contributed by atoms with Crippen molar-refractivity contribution in [1.82, 2.24) is 0 Å². The van der Waals surface area contributed by atoms with Gasteiger partial charge in [0.1, 0.15) is 5.92 Å². The van der Waals surface area contributed by atoms with E-state index in [0.29, 0.717) is 13.2 Å². The molecule has 0 fully saturated rings. The lowest BCUT2D eigenvalue weighted by atomic mass is 9.91. The van der Waals surface area contributed by atoms with Crippen LogP contribution in [-0.2, 0) is 9.53 Å². The zero-order chi connectivity index (χ0) is 11.5. The summed E-state index contributed by atoms with van der Waals surface area (Å²) in [6.45, 7) is 2.51. The smallest absolute Gasteiger partial charge is 0.313 e. The highest BCUT2D eigenvalue weighted by Crippen LogP contribution is 2.33. The molecule has 1 aliphatic heterocycles. The Morgan fingerprint density at radius 3 is 3.06 bits per heavy atom. The molecule has 86 valence electrons. The third kappa shape index (κ3) is 1.88. The number of rotatable bonds is 2.